The molecule has 2 aliphatic rings. The zero-order valence-electron chi connectivity index (χ0n) is 12.6. The van der Waals surface area contributed by atoms with Gasteiger partial charge in [-0.05, 0) is 38.9 Å². The molecular formula is C14H29Cl2N3O2. The maximum absolute atomic E-state index is 12.0. The van der Waals surface area contributed by atoms with Crippen LogP contribution >= 0.6 is 24.8 Å². The first-order chi connectivity index (χ1) is 9.25. The normalized spacial score (nSPS) is 27.5. The van der Waals surface area contributed by atoms with E-state index in [1.54, 1.807) is 0 Å². The van der Waals surface area contributed by atoms with Gasteiger partial charge in [0.25, 0.3) is 0 Å². The van der Waals surface area contributed by atoms with Gasteiger partial charge in [-0.25, -0.2) is 0 Å². The Morgan fingerprint density at radius 2 is 1.76 bits per heavy atom. The number of β-amino-alcohol motifs (C(OH)–C–C–N with tert-alkyl or cyclic N) is 1. The van der Waals surface area contributed by atoms with Gasteiger partial charge in [0.2, 0.25) is 5.91 Å². The van der Waals surface area contributed by atoms with Crippen LogP contribution in [0.2, 0.25) is 0 Å². The highest BCUT2D eigenvalue weighted by Crippen LogP contribution is 2.10. The SMILES string of the molecule is Cl.Cl.O=C(CN1CCCCCCC1)N[C@@H]1CCNC[C@H]1O. The maximum Gasteiger partial charge on any atom is 0.234 e. The third-order valence-corrected chi connectivity index (χ3v) is 4.11. The second-order valence-electron chi connectivity index (χ2n) is 5.78. The van der Waals surface area contributed by atoms with E-state index in [-0.39, 0.29) is 36.8 Å². The van der Waals surface area contributed by atoms with Gasteiger partial charge in [0.15, 0.2) is 0 Å². The van der Waals surface area contributed by atoms with Crippen LogP contribution in [0.5, 0.6) is 0 Å². The molecule has 2 atom stereocenters. The van der Waals surface area contributed by atoms with Gasteiger partial charge in [-0.2, -0.15) is 0 Å². The number of nitrogens with zero attached hydrogens (tertiary/aromatic N) is 1. The molecule has 3 N–H and O–H groups in total. The number of carbonyl (C=O) groups is 1. The Morgan fingerprint density at radius 1 is 1.14 bits per heavy atom. The van der Waals surface area contributed by atoms with Crippen LogP contribution in [0.15, 0.2) is 0 Å². The van der Waals surface area contributed by atoms with Crippen molar-refractivity contribution in [3.05, 3.63) is 0 Å². The Bertz CT molecular complexity index is 287. The monoisotopic (exact) mass is 341 g/mol. The summed E-state index contributed by atoms with van der Waals surface area (Å²) in [4.78, 5) is 14.3. The van der Waals surface area contributed by atoms with E-state index in [0.29, 0.717) is 13.1 Å². The molecule has 2 heterocycles. The molecule has 0 aromatic carbocycles. The van der Waals surface area contributed by atoms with Gasteiger partial charge in [0, 0.05) is 6.54 Å². The zero-order valence-corrected chi connectivity index (χ0v) is 14.2. The molecule has 21 heavy (non-hydrogen) atoms. The number of hydrogen-bond acceptors (Lipinski definition) is 4. The van der Waals surface area contributed by atoms with Gasteiger partial charge in [-0.3, -0.25) is 9.69 Å². The molecule has 2 rings (SSSR count). The predicted octanol–water partition coefficient (Wildman–Crippen LogP) is 0.935. The van der Waals surface area contributed by atoms with Crippen molar-refractivity contribution in [3.63, 3.8) is 0 Å². The van der Waals surface area contributed by atoms with Crippen molar-refractivity contribution >= 4 is 30.7 Å². The summed E-state index contributed by atoms with van der Waals surface area (Å²) in [6.07, 6.45) is 6.65. The van der Waals surface area contributed by atoms with E-state index in [1.165, 1.54) is 32.1 Å². The Morgan fingerprint density at radius 3 is 2.38 bits per heavy atom. The summed E-state index contributed by atoms with van der Waals surface area (Å²) >= 11 is 0. The molecule has 0 unspecified atom stereocenters. The Labute approximate surface area is 140 Å². The van der Waals surface area contributed by atoms with E-state index in [0.717, 1.165) is 26.1 Å². The molecule has 2 saturated heterocycles. The van der Waals surface area contributed by atoms with Crippen LogP contribution in [-0.4, -0.2) is 60.8 Å². The fourth-order valence-electron chi connectivity index (χ4n) is 2.94. The summed E-state index contributed by atoms with van der Waals surface area (Å²) in [6.45, 7) is 3.99. The molecule has 0 aromatic rings. The number of hydrogen-bond donors (Lipinski definition) is 3. The number of nitrogens with one attached hydrogen (secondary N) is 2. The van der Waals surface area contributed by atoms with Crippen LogP contribution in [0.25, 0.3) is 0 Å². The van der Waals surface area contributed by atoms with Crippen LogP contribution in [0.1, 0.15) is 38.5 Å². The molecule has 126 valence electrons. The second-order valence-corrected chi connectivity index (χ2v) is 5.78. The largest absolute Gasteiger partial charge is 0.390 e. The van der Waals surface area contributed by atoms with Gasteiger partial charge >= 0.3 is 0 Å². The van der Waals surface area contributed by atoms with Crippen LogP contribution in [0, 0.1) is 0 Å². The van der Waals surface area contributed by atoms with Crippen LogP contribution in [0.3, 0.4) is 0 Å². The Hall–Kier alpha value is -0.0700. The first-order valence-electron chi connectivity index (χ1n) is 7.66. The van der Waals surface area contributed by atoms with Crippen LogP contribution in [-0.2, 0) is 4.79 Å². The van der Waals surface area contributed by atoms with Crippen LogP contribution in [0.4, 0.5) is 0 Å². The second kappa shape index (κ2) is 11.5. The Balaban J connectivity index is 0.00000200. The van der Waals surface area contributed by atoms with E-state index in [1.807, 2.05) is 0 Å². The molecule has 0 spiro atoms. The van der Waals surface area contributed by atoms with Crippen molar-refractivity contribution in [1.82, 2.24) is 15.5 Å². The smallest absolute Gasteiger partial charge is 0.234 e. The molecule has 2 fully saturated rings. The van der Waals surface area contributed by atoms with Gasteiger partial charge in [0.05, 0.1) is 18.7 Å². The maximum atomic E-state index is 12.0. The summed E-state index contributed by atoms with van der Waals surface area (Å²) in [5.74, 6) is 0.0616. The highest BCUT2D eigenvalue weighted by atomic mass is 35.5. The predicted molar refractivity (Wildman–Crippen MR) is 89.4 cm³/mol. The quantitative estimate of drug-likeness (QED) is 0.714. The lowest BCUT2D eigenvalue weighted by Crippen LogP contribution is -2.54. The lowest BCUT2D eigenvalue weighted by Gasteiger charge is -2.30. The molecule has 2 aliphatic heterocycles. The molecule has 7 heteroatoms. The fourth-order valence-corrected chi connectivity index (χ4v) is 2.94. The van der Waals surface area contributed by atoms with Gasteiger partial charge in [-0.1, -0.05) is 19.3 Å². The van der Waals surface area contributed by atoms with Crippen molar-refractivity contribution in [3.8, 4) is 0 Å². The first kappa shape index (κ1) is 20.9. The highest BCUT2D eigenvalue weighted by Gasteiger charge is 2.24. The first-order valence-corrected chi connectivity index (χ1v) is 7.66. The number of rotatable bonds is 3. The molecule has 1 amide bonds. The van der Waals surface area contributed by atoms with E-state index in [9.17, 15) is 9.90 Å². The average Bonchev–Trinajstić information content (AvgIpc) is 2.35. The number of aliphatic hydroxyl groups excluding tert-OH is 1. The molecule has 0 bridgehead atoms. The van der Waals surface area contributed by atoms with Crippen LogP contribution < -0.4 is 10.6 Å². The van der Waals surface area contributed by atoms with Gasteiger partial charge in [-0.15, -0.1) is 24.8 Å². The summed E-state index contributed by atoms with van der Waals surface area (Å²) in [5.41, 5.74) is 0. The number of likely N-dealkylation sites (tertiary alicyclic amines) is 1. The molecular weight excluding hydrogens is 313 g/mol. The van der Waals surface area contributed by atoms with Gasteiger partial charge in [0.1, 0.15) is 0 Å². The van der Waals surface area contributed by atoms with Crippen molar-refractivity contribution in [2.75, 3.05) is 32.7 Å². The van der Waals surface area contributed by atoms with E-state index >= 15 is 0 Å². The third kappa shape index (κ3) is 7.66. The molecule has 5 nitrogen and oxygen atoms in total. The average molecular weight is 342 g/mol. The van der Waals surface area contributed by atoms with Crippen molar-refractivity contribution in [1.29, 1.82) is 0 Å². The lowest BCUT2D eigenvalue weighted by atomic mass is 10.0. The topological polar surface area (TPSA) is 64.6 Å². The standard InChI is InChI=1S/C14H27N3O2.2ClH/c18-13-10-15-7-6-12(13)16-14(19)11-17-8-4-2-1-3-5-9-17;;/h12-13,15,18H,1-11H2,(H,16,19);2*1H/t12-,13-;;/m1../s1. The number of amides is 1. The fraction of sp³-hybridized carbons (Fsp3) is 0.929. The number of aliphatic hydroxyl groups is 1. The number of piperidine rings is 1. The Kier molecular flexibility index (Phi) is 11.5. The zero-order chi connectivity index (χ0) is 13.5. The molecule has 0 aromatic heterocycles. The summed E-state index contributed by atoms with van der Waals surface area (Å²) in [7, 11) is 0. The minimum atomic E-state index is -0.454. The van der Waals surface area contributed by atoms with Crippen molar-refractivity contribution in [2.45, 2.75) is 50.7 Å². The van der Waals surface area contributed by atoms with Crippen molar-refractivity contribution in [2.24, 2.45) is 0 Å². The number of carbonyl (C=O) groups excluding carboxylic acids is 1. The number of halogens is 2. The van der Waals surface area contributed by atoms with Gasteiger partial charge < -0.3 is 15.7 Å². The lowest BCUT2D eigenvalue weighted by molar-refractivity contribution is -0.124. The summed E-state index contributed by atoms with van der Waals surface area (Å²) in [5, 5.41) is 15.9. The summed E-state index contributed by atoms with van der Waals surface area (Å²) in [6, 6.07) is -0.0801. The van der Waals surface area contributed by atoms with Crippen molar-refractivity contribution < 1.29 is 9.90 Å². The third-order valence-electron chi connectivity index (χ3n) is 4.11. The van der Waals surface area contributed by atoms with E-state index < -0.39 is 6.10 Å². The minimum Gasteiger partial charge on any atom is -0.390 e. The minimum absolute atomic E-state index is 0. The molecule has 0 aliphatic carbocycles. The van der Waals surface area contributed by atoms with E-state index in [4.69, 9.17) is 0 Å². The molecule has 0 saturated carbocycles. The highest BCUT2D eigenvalue weighted by molar-refractivity contribution is 5.85. The summed E-state index contributed by atoms with van der Waals surface area (Å²) < 4.78 is 0. The van der Waals surface area contributed by atoms with E-state index in [2.05, 4.69) is 15.5 Å². The molecule has 0 radical (unpaired) electrons.